The minimum absolute atomic E-state index is 0. The number of rotatable bonds is 4. The van der Waals surface area contributed by atoms with Crippen LogP contribution in [0.15, 0.2) is 12.1 Å². The van der Waals surface area contributed by atoms with Crippen molar-refractivity contribution in [3.05, 3.63) is 34.6 Å². The zero-order chi connectivity index (χ0) is 19.1. The Balaban J connectivity index is 0.00000261. The number of hydrogen-bond donors (Lipinski definition) is 1. The lowest BCUT2D eigenvalue weighted by Crippen LogP contribution is -2.45. The fourth-order valence-corrected chi connectivity index (χ4v) is 3.47. The maximum Gasteiger partial charge on any atom is 0.416 e. The summed E-state index contributed by atoms with van der Waals surface area (Å²) in [5.74, 6) is -1.24. The summed E-state index contributed by atoms with van der Waals surface area (Å²) >= 11 is 0. The van der Waals surface area contributed by atoms with Crippen LogP contribution < -0.4 is 5.32 Å². The zero-order valence-electron chi connectivity index (χ0n) is 14.3. The maximum absolute atomic E-state index is 14.6. The van der Waals surface area contributed by atoms with Gasteiger partial charge in [0.15, 0.2) is 0 Å². The van der Waals surface area contributed by atoms with Crippen molar-refractivity contribution in [3.63, 3.8) is 0 Å². The fraction of sp³-hybridized carbons (Fsp3) is 0.647. The second kappa shape index (κ2) is 8.13. The SMILES string of the molecule is Cl.Fc1cc(C(F)(F)F)cc(C(F)(F)F)c1[C@@H](CC1CC1)N1CCNCC1. The van der Waals surface area contributed by atoms with Crippen LogP contribution in [0.1, 0.15) is 42.0 Å². The van der Waals surface area contributed by atoms with Crippen LogP contribution in [0.5, 0.6) is 0 Å². The molecule has 2 nitrogen and oxygen atoms in total. The van der Waals surface area contributed by atoms with Crippen LogP contribution in [0.25, 0.3) is 0 Å². The summed E-state index contributed by atoms with van der Waals surface area (Å²) in [5.41, 5.74) is -3.79. The van der Waals surface area contributed by atoms with Gasteiger partial charge in [0.25, 0.3) is 0 Å². The highest BCUT2D eigenvalue weighted by atomic mass is 35.5. The Bertz CT molecular complexity index is 650. The normalized spacial score (nSPS) is 20.3. The molecule has 1 N–H and O–H groups in total. The second-order valence-corrected chi connectivity index (χ2v) is 6.90. The molecule has 1 aromatic rings. The molecule has 3 rings (SSSR count). The Morgan fingerprint density at radius 2 is 1.59 bits per heavy atom. The highest BCUT2D eigenvalue weighted by molar-refractivity contribution is 5.85. The highest BCUT2D eigenvalue weighted by Crippen LogP contribution is 2.46. The molecule has 1 aliphatic carbocycles. The van der Waals surface area contributed by atoms with Crippen LogP contribution in [0.2, 0.25) is 0 Å². The minimum atomic E-state index is -5.06. The van der Waals surface area contributed by atoms with Crippen LogP contribution in [0.3, 0.4) is 0 Å². The van der Waals surface area contributed by atoms with Crippen LogP contribution >= 0.6 is 12.4 Å². The number of hydrogen-bond acceptors (Lipinski definition) is 2. The van der Waals surface area contributed by atoms with E-state index in [1.165, 1.54) is 0 Å². The van der Waals surface area contributed by atoms with Gasteiger partial charge in [0.2, 0.25) is 0 Å². The second-order valence-electron chi connectivity index (χ2n) is 6.90. The number of piperazine rings is 1. The molecule has 1 saturated heterocycles. The first-order valence-electron chi connectivity index (χ1n) is 8.50. The van der Waals surface area contributed by atoms with Crippen LogP contribution in [0, 0.1) is 11.7 Å². The molecule has 1 heterocycles. The van der Waals surface area contributed by atoms with Gasteiger partial charge in [-0.15, -0.1) is 12.4 Å². The maximum atomic E-state index is 14.6. The molecule has 2 fully saturated rings. The lowest BCUT2D eigenvalue weighted by molar-refractivity contribution is -0.144. The molecule has 0 spiro atoms. The topological polar surface area (TPSA) is 15.3 Å². The lowest BCUT2D eigenvalue weighted by Gasteiger charge is -2.37. The van der Waals surface area contributed by atoms with Crippen molar-refractivity contribution in [2.45, 2.75) is 37.7 Å². The van der Waals surface area contributed by atoms with Crippen LogP contribution in [-0.2, 0) is 12.4 Å². The van der Waals surface area contributed by atoms with Crippen molar-refractivity contribution in [2.75, 3.05) is 26.2 Å². The van der Waals surface area contributed by atoms with Crippen molar-refractivity contribution in [3.8, 4) is 0 Å². The Hall–Kier alpha value is -1.06. The molecular weight excluding hydrogens is 401 g/mol. The molecule has 1 aromatic carbocycles. The molecule has 2 aliphatic rings. The molecular formula is C17H20ClF7N2. The quantitative estimate of drug-likeness (QED) is 0.687. The van der Waals surface area contributed by atoms with E-state index in [0.717, 1.165) is 12.8 Å². The minimum Gasteiger partial charge on any atom is -0.314 e. The van der Waals surface area contributed by atoms with E-state index in [-0.39, 0.29) is 30.5 Å². The average molecular weight is 421 g/mol. The van der Waals surface area contributed by atoms with Crippen LogP contribution in [0.4, 0.5) is 30.7 Å². The molecule has 1 saturated carbocycles. The van der Waals surface area contributed by atoms with Crippen molar-refractivity contribution in [1.82, 2.24) is 10.2 Å². The van der Waals surface area contributed by atoms with Crippen LogP contribution in [-0.4, -0.2) is 31.1 Å². The zero-order valence-corrected chi connectivity index (χ0v) is 15.1. The Labute approximate surface area is 158 Å². The van der Waals surface area contributed by atoms with Gasteiger partial charge < -0.3 is 5.32 Å². The number of benzene rings is 1. The number of halogens is 8. The van der Waals surface area contributed by atoms with E-state index >= 15 is 0 Å². The molecule has 0 amide bonds. The molecule has 1 atom stereocenters. The summed E-state index contributed by atoms with van der Waals surface area (Å²) in [6.45, 7) is 1.94. The molecule has 27 heavy (non-hydrogen) atoms. The Morgan fingerprint density at radius 3 is 2.07 bits per heavy atom. The summed E-state index contributed by atoms with van der Waals surface area (Å²) in [5, 5.41) is 3.07. The van der Waals surface area contributed by atoms with Gasteiger partial charge in [0.05, 0.1) is 11.1 Å². The van der Waals surface area contributed by atoms with Gasteiger partial charge in [-0.25, -0.2) is 4.39 Å². The molecule has 0 radical (unpaired) electrons. The third-order valence-corrected chi connectivity index (χ3v) is 4.94. The third kappa shape index (κ3) is 5.26. The molecule has 0 aromatic heterocycles. The summed E-state index contributed by atoms with van der Waals surface area (Å²) in [6.07, 6.45) is -8.07. The van der Waals surface area contributed by atoms with Crippen molar-refractivity contribution in [2.24, 2.45) is 5.92 Å². The van der Waals surface area contributed by atoms with Gasteiger partial charge in [-0.2, -0.15) is 26.3 Å². The van der Waals surface area contributed by atoms with E-state index in [2.05, 4.69) is 5.32 Å². The lowest BCUT2D eigenvalue weighted by atomic mass is 9.91. The summed E-state index contributed by atoms with van der Waals surface area (Å²) < 4.78 is 93.8. The van der Waals surface area contributed by atoms with Crippen molar-refractivity contribution < 1.29 is 30.7 Å². The van der Waals surface area contributed by atoms with E-state index in [0.29, 0.717) is 32.6 Å². The van der Waals surface area contributed by atoms with E-state index in [1.54, 1.807) is 4.90 Å². The van der Waals surface area contributed by atoms with E-state index in [9.17, 15) is 30.7 Å². The largest absolute Gasteiger partial charge is 0.416 e. The summed E-state index contributed by atoms with van der Waals surface area (Å²) in [4.78, 5) is 1.75. The first-order chi connectivity index (χ1) is 12.1. The number of alkyl halides is 6. The monoisotopic (exact) mass is 420 g/mol. The molecule has 0 bridgehead atoms. The summed E-state index contributed by atoms with van der Waals surface area (Å²) in [6, 6.07) is -0.642. The van der Waals surface area contributed by atoms with Gasteiger partial charge >= 0.3 is 12.4 Å². The first kappa shape index (κ1) is 22.2. The first-order valence-corrected chi connectivity index (χ1v) is 8.50. The van der Waals surface area contributed by atoms with Crippen molar-refractivity contribution >= 4 is 12.4 Å². The van der Waals surface area contributed by atoms with Gasteiger partial charge in [0, 0.05) is 37.8 Å². The predicted octanol–water partition coefficient (Wildman–Crippen LogP) is 5.03. The summed E-state index contributed by atoms with van der Waals surface area (Å²) in [7, 11) is 0. The number of nitrogens with one attached hydrogen (secondary N) is 1. The molecule has 154 valence electrons. The van der Waals surface area contributed by atoms with Crippen molar-refractivity contribution in [1.29, 1.82) is 0 Å². The standard InChI is InChI=1S/C17H19F7N2.ClH/c18-13-9-11(16(19,20)21)8-12(17(22,23)24)15(13)14(7-10-1-2-10)26-5-3-25-4-6-26;/h8-10,14,25H,1-7H2;1H/t14-;/m1./s1. The van der Waals surface area contributed by atoms with E-state index < -0.39 is 40.9 Å². The smallest absolute Gasteiger partial charge is 0.314 e. The Morgan fingerprint density at radius 1 is 1.00 bits per heavy atom. The van der Waals surface area contributed by atoms with Gasteiger partial charge in [0.1, 0.15) is 5.82 Å². The molecule has 0 unspecified atom stereocenters. The molecule has 10 heteroatoms. The molecule has 1 aliphatic heterocycles. The van der Waals surface area contributed by atoms with Gasteiger partial charge in [-0.1, -0.05) is 12.8 Å². The number of nitrogens with zero attached hydrogens (tertiary/aromatic N) is 1. The van der Waals surface area contributed by atoms with E-state index in [4.69, 9.17) is 0 Å². The predicted molar refractivity (Wildman–Crippen MR) is 88.2 cm³/mol. The Kier molecular flexibility index (Phi) is 6.69. The van der Waals surface area contributed by atoms with Gasteiger partial charge in [-0.3, -0.25) is 4.90 Å². The average Bonchev–Trinajstić information content (AvgIpc) is 3.35. The van der Waals surface area contributed by atoms with Gasteiger partial charge in [-0.05, 0) is 24.5 Å². The fourth-order valence-electron chi connectivity index (χ4n) is 3.47. The van der Waals surface area contributed by atoms with E-state index in [1.807, 2.05) is 0 Å². The highest BCUT2D eigenvalue weighted by Gasteiger charge is 2.43. The third-order valence-electron chi connectivity index (χ3n) is 4.94.